The molecular formula is C20H26N4O4S. The molecule has 2 aromatic carbocycles. The van der Waals surface area contributed by atoms with Crippen molar-refractivity contribution in [1.29, 1.82) is 0 Å². The minimum Gasteiger partial charge on any atom is -0.497 e. The van der Waals surface area contributed by atoms with Crippen LogP contribution in [-0.4, -0.2) is 58.6 Å². The van der Waals surface area contributed by atoms with Crippen molar-refractivity contribution in [2.24, 2.45) is 5.14 Å². The van der Waals surface area contributed by atoms with Gasteiger partial charge in [-0.15, -0.1) is 0 Å². The molecule has 3 rings (SSSR count). The van der Waals surface area contributed by atoms with Crippen LogP contribution in [0.2, 0.25) is 0 Å². The van der Waals surface area contributed by atoms with E-state index in [4.69, 9.17) is 9.88 Å². The van der Waals surface area contributed by atoms with Crippen LogP contribution in [0.15, 0.2) is 53.4 Å². The van der Waals surface area contributed by atoms with E-state index in [9.17, 15) is 13.2 Å². The Kier molecular flexibility index (Phi) is 6.41. The number of rotatable bonds is 6. The van der Waals surface area contributed by atoms with Gasteiger partial charge in [-0.25, -0.2) is 13.6 Å². The van der Waals surface area contributed by atoms with Crippen molar-refractivity contribution in [2.75, 3.05) is 43.5 Å². The molecule has 0 aromatic heterocycles. The summed E-state index contributed by atoms with van der Waals surface area (Å²) in [5, 5.41) is 7.92. The van der Waals surface area contributed by atoms with Crippen LogP contribution in [0, 0.1) is 0 Å². The second kappa shape index (κ2) is 8.81. The number of benzene rings is 2. The Bertz CT molecular complexity index is 937. The number of hydrogen-bond acceptors (Lipinski definition) is 6. The fraction of sp³-hybridized carbons (Fsp3) is 0.350. The summed E-state index contributed by atoms with van der Waals surface area (Å²) in [6.07, 6.45) is 0. The summed E-state index contributed by atoms with van der Waals surface area (Å²) in [6.45, 7) is 5.06. The summed E-state index contributed by atoms with van der Waals surface area (Å²) < 4.78 is 27.8. The molecule has 1 amide bonds. The molecule has 1 atom stereocenters. The second-order valence-corrected chi connectivity index (χ2v) is 8.52. The van der Waals surface area contributed by atoms with E-state index in [1.165, 1.54) is 24.3 Å². The third kappa shape index (κ3) is 5.26. The fourth-order valence-corrected chi connectivity index (χ4v) is 3.82. The highest BCUT2D eigenvalue weighted by Crippen LogP contribution is 2.21. The number of nitrogens with one attached hydrogen (secondary N) is 1. The maximum Gasteiger partial charge on any atom is 0.241 e. The summed E-state index contributed by atoms with van der Waals surface area (Å²) >= 11 is 0. The first-order valence-electron chi connectivity index (χ1n) is 9.35. The number of amides is 1. The Morgan fingerprint density at radius 3 is 2.14 bits per heavy atom. The molecule has 156 valence electrons. The predicted octanol–water partition coefficient (Wildman–Crippen LogP) is 1.49. The average Bonchev–Trinajstić information content (AvgIpc) is 2.73. The maximum absolute atomic E-state index is 12.6. The van der Waals surface area contributed by atoms with Gasteiger partial charge in [0.05, 0.1) is 18.0 Å². The van der Waals surface area contributed by atoms with E-state index < -0.39 is 10.0 Å². The molecule has 1 saturated heterocycles. The second-order valence-electron chi connectivity index (χ2n) is 6.96. The van der Waals surface area contributed by atoms with Crippen molar-refractivity contribution < 1.29 is 17.9 Å². The molecule has 0 aliphatic carbocycles. The topological polar surface area (TPSA) is 105 Å². The van der Waals surface area contributed by atoms with Crippen LogP contribution in [0.1, 0.15) is 6.92 Å². The average molecular weight is 419 g/mol. The minimum absolute atomic E-state index is 0.0122. The lowest BCUT2D eigenvalue weighted by molar-refractivity contribution is -0.120. The monoisotopic (exact) mass is 418 g/mol. The van der Waals surface area contributed by atoms with Gasteiger partial charge in [-0.3, -0.25) is 9.69 Å². The number of carbonyl (C=O) groups is 1. The molecule has 0 bridgehead atoms. The van der Waals surface area contributed by atoms with Crippen LogP contribution in [0.25, 0.3) is 0 Å². The first-order chi connectivity index (χ1) is 13.8. The molecule has 29 heavy (non-hydrogen) atoms. The van der Waals surface area contributed by atoms with Crippen molar-refractivity contribution >= 4 is 27.3 Å². The Morgan fingerprint density at radius 2 is 1.62 bits per heavy atom. The van der Waals surface area contributed by atoms with Crippen LogP contribution in [0.4, 0.5) is 11.4 Å². The minimum atomic E-state index is -3.75. The third-order valence-electron chi connectivity index (χ3n) is 5.13. The van der Waals surface area contributed by atoms with Gasteiger partial charge in [0.25, 0.3) is 0 Å². The van der Waals surface area contributed by atoms with Gasteiger partial charge in [0.1, 0.15) is 5.75 Å². The molecule has 1 aliphatic rings. The van der Waals surface area contributed by atoms with E-state index in [0.717, 1.165) is 37.6 Å². The van der Waals surface area contributed by atoms with Crippen molar-refractivity contribution in [1.82, 2.24) is 4.90 Å². The molecule has 3 N–H and O–H groups in total. The summed E-state index contributed by atoms with van der Waals surface area (Å²) in [6, 6.07) is 13.5. The van der Waals surface area contributed by atoms with Gasteiger partial charge < -0.3 is 15.0 Å². The van der Waals surface area contributed by atoms with E-state index in [-0.39, 0.29) is 16.8 Å². The zero-order chi connectivity index (χ0) is 21.0. The molecule has 1 heterocycles. The van der Waals surface area contributed by atoms with Gasteiger partial charge in [-0.1, -0.05) is 0 Å². The Morgan fingerprint density at radius 1 is 1.03 bits per heavy atom. The quantitative estimate of drug-likeness (QED) is 0.737. The number of primary sulfonamides is 1. The van der Waals surface area contributed by atoms with Crippen LogP contribution in [0.5, 0.6) is 5.75 Å². The molecule has 9 heteroatoms. The summed E-state index contributed by atoms with van der Waals surface area (Å²) in [7, 11) is -2.10. The van der Waals surface area contributed by atoms with Crippen molar-refractivity contribution in [3.8, 4) is 5.75 Å². The first-order valence-corrected chi connectivity index (χ1v) is 10.9. The Balaban J connectivity index is 1.54. The van der Waals surface area contributed by atoms with Crippen molar-refractivity contribution in [2.45, 2.75) is 17.9 Å². The number of nitrogens with zero attached hydrogens (tertiary/aromatic N) is 2. The highest BCUT2D eigenvalue weighted by Gasteiger charge is 2.25. The molecule has 1 aliphatic heterocycles. The molecule has 1 unspecified atom stereocenters. The van der Waals surface area contributed by atoms with Gasteiger partial charge in [0, 0.05) is 37.6 Å². The number of methoxy groups -OCH3 is 1. The highest BCUT2D eigenvalue weighted by molar-refractivity contribution is 7.89. The van der Waals surface area contributed by atoms with Crippen molar-refractivity contribution in [3.05, 3.63) is 48.5 Å². The summed E-state index contributed by atoms with van der Waals surface area (Å²) in [5.74, 6) is 0.695. The van der Waals surface area contributed by atoms with Gasteiger partial charge in [-0.2, -0.15) is 0 Å². The third-order valence-corrected chi connectivity index (χ3v) is 6.06. The molecule has 0 spiro atoms. The number of sulfonamides is 1. The van der Waals surface area contributed by atoms with E-state index in [2.05, 4.69) is 15.1 Å². The van der Waals surface area contributed by atoms with Gasteiger partial charge in [-0.05, 0) is 55.5 Å². The lowest BCUT2D eigenvalue weighted by Gasteiger charge is -2.38. The first kappa shape index (κ1) is 21.1. The number of nitrogens with two attached hydrogens (primary N) is 1. The largest absolute Gasteiger partial charge is 0.497 e. The van der Waals surface area contributed by atoms with E-state index >= 15 is 0 Å². The van der Waals surface area contributed by atoms with E-state index in [1.807, 2.05) is 31.2 Å². The molecular weight excluding hydrogens is 392 g/mol. The zero-order valence-electron chi connectivity index (χ0n) is 16.5. The SMILES string of the molecule is COc1ccc(N2CCN(C(C)C(=O)Nc3ccc(S(N)(=O)=O)cc3)CC2)cc1. The lowest BCUT2D eigenvalue weighted by Crippen LogP contribution is -2.52. The predicted molar refractivity (Wildman–Crippen MR) is 113 cm³/mol. The number of hydrogen-bond donors (Lipinski definition) is 2. The normalized spacial score (nSPS) is 16.3. The molecule has 1 fully saturated rings. The summed E-state index contributed by atoms with van der Waals surface area (Å²) in [4.78, 5) is 17.0. The number of piperazine rings is 1. The summed E-state index contributed by atoms with van der Waals surface area (Å²) in [5.41, 5.74) is 1.67. The number of carbonyl (C=O) groups excluding carboxylic acids is 1. The Hall–Kier alpha value is -2.62. The van der Waals surface area contributed by atoms with Crippen LogP contribution < -0.4 is 20.1 Å². The smallest absolute Gasteiger partial charge is 0.241 e. The molecule has 2 aromatic rings. The maximum atomic E-state index is 12.6. The zero-order valence-corrected chi connectivity index (χ0v) is 17.4. The highest BCUT2D eigenvalue weighted by atomic mass is 32.2. The Labute approximate surface area is 171 Å². The molecule has 8 nitrogen and oxygen atoms in total. The number of anilines is 2. The van der Waals surface area contributed by atoms with Gasteiger partial charge in [0.15, 0.2) is 0 Å². The van der Waals surface area contributed by atoms with E-state index in [1.54, 1.807) is 7.11 Å². The van der Waals surface area contributed by atoms with Crippen LogP contribution in [0.3, 0.4) is 0 Å². The van der Waals surface area contributed by atoms with Gasteiger partial charge in [0.2, 0.25) is 15.9 Å². The van der Waals surface area contributed by atoms with Crippen LogP contribution >= 0.6 is 0 Å². The number of ether oxygens (including phenoxy) is 1. The van der Waals surface area contributed by atoms with Crippen molar-refractivity contribution in [3.63, 3.8) is 0 Å². The standard InChI is InChI=1S/C20H26N4O4S/c1-15(20(25)22-16-3-9-19(10-4-16)29(21,26)27)23-11-13-24(14-12-23)17-5-7-18(28-2)8-6-17/h3-10,15H,11-14H2,1-2H3,(H,22,25)(H2,21,26,27). The fourth-order valence-electron chi connectivity index (χ4n) is 3.30. The van der Waals surface area contributed by atoms with Gasteiger partial charge >= 0.3 is 0 Å². The molecule has 0 radical (unpaired) electrons. The van der Waals surface area contributed by atoms with Crippen LogP contribution in [-0.2, 0) is 14.8 Å². The molecule has 0 saturated carbocycles. The van der Waals surface area contributed by atoms with E-state index in [0.29, 0.717) is 5.69 Å². The lowest BCUT2D eigenvalue weighted by atomic mass is 10.2.